The second kappa shape index (κ2) is 6.61. The average molecular weight is 286 g/mol. The summed E-state index contributed by atoms with van der Waals surface area (Å²) in [5.41, 5.74) is 1.70. The zero-order chi connectivity index (χ0) is 14.5. The Morgan fingerprint density at radius 1 is 1.10 bits per heavy atom. The molecule has 114 valence electrons. The molecule has 0 radical (unpaired) electrons. The molecule has 2 aliphatic rings. The van der Waals surface area contributed by atoms with Crippen LogP contribution >= 0.6 is 0 Å². The molecule has 0 aliphatic carbocycles. The summed E-state index contributed by atoms with van der Waals surface area (Å²) in [5.74, 6) is 0.386. The van der Waals surface area contributed by atoms with Crippen LogP contribution in [0.25, 0.3) is 0 Å². The Balaban J connectivity index is 1.42. The molecule has 3 rings (SSSR count). The maximum Gasteiger partial charge on any atom is 0.223 e. The molecular weight excluding hydrogens is 260 g/mol. The van der Waals surface area contributed by atoms with Crippen molar-refractivity contribution < 1.29 is 4.79 Å². The van der Waals surface area contributed by atoms with Gasteiger partial charge in [-0.2, -0.15) is 0 Å². The number of carbonyl (C=O) groups is 1. The second-order valence-corrected chi connectivity index (χ2v) is 6.68. The first kappa shape index (κ1) is 14.6. The van der Waals surface area contributed by atoms with Crippen LogP contribution in [0.1, 0.15) is 37.7 Å². The number of aryl methyl sites for hydroxylation is 1. The Morgan fingerprint density at radius 3 is 2.62 bits per heavy atom. The number of nitrogens with zero attached hydrogens (tertiary/aromatic N) is 1. The highest BCUT2D eigenvalue weighted by Gasteiger charge is 2.43. The summed E-state index contributed by atoms with van der Waals surface area (Å²) in [4.78, 5) is 14.3. The highest BCUT2D eigenvalue weighted by Crippen LogP contribution is 2.39. The first-order valence-electron chi connectivity index (χ1n) is 8.30. The van der Waals surface area contributed by atoms with Crippen LogP contribution in [0.3, 0.4) is 0 Å². The third-order valence-corrected chi connectivity index (χ3v) is 5.06. The van der Waals surface area contributed by atoms with Crippen molar-refractivity contribution in [3.63, 3.8) is 0 Å². The molecule has 2 heterocycles. The van der Waals surface area contributed by atoms with Gasteiger partial charge in [0, 0.05) is 19.5 Å². The molecule has 3 heteroatoms. The zero-order valence-corrected chi connectivity index (χ0v) is 12.8. The lowest BCUT2D eigenvalue weighted by molar-refractivity contribution is -0.127. The molecule has 1 amide bonds. The summed E-state index contributed by atoms with van der Waals surface area (Å²) in [6.07, 6.45) is 6.53. The number of hydrogen-bond acceptors (Lipinski definition) is 2. The number of carbonyl (C=O) groups excluding carboxylic acids is 1. The molecule has 2 fully saturated rings. The van der Waals surface area contributed by atoms with E-state index in [2.05, 4.69) is 40.5 Å². The van der Waals surface area contributed by atoms with Crippen LogP contribution in [-0.2, 0) is 11.2 Å². The van der Waals surface area contributed by atoms with Gasteiger partial charge in [-0.25, -0.2) is 0 Å². The molecule has 1 aromatic rings. The number of likely N-dealkylation sites (tertiary alicyclic amines) is 1. The molecule has 3 nitrogen and oxygen atoms in total. The van der Waals surface area contributed by atoms with Crippen molar-refractivity contribution in [3.05, 3.63) is 35.9 Å². The fourth-order valence-electron chi connectivity index (χ4n) is 3.75. The summed E-state index contributed by atoms with van der Waals surface area (Å²) >= 11 is 0. The van der Waals surface area contributed by atoms with E-state index in [1.54, 1.807) is 0 Å². The van der Waals surface area contributed by atoms with Gasteiger partial charge in [0.2, 0.25) is 5.91 Å². The lowest BCUT2D eigenvalue weighted by Gasteiger charge is -2.33. The maximum atomic E-state index is 12.2. The highest BCUT2D eigenvalue weighted by atomic mass is 16.2. The largest absolute Gasteiger partial charge is 0.342 e. The number of benzene rings is 1. The van der Waals surface area contributed by atoms with Crippen molar-refractivity contribution in [3.8, 4) is 0 Å². The van der Waals surface area contributed by atoms with Gasteiger partial charge in [0.15, 0.2) is 0 Å². The predicted octanol–water partition coefficient (Wildman–Crippen LogP) is 2.61. The molecule has 2 aliphatic heterocycles. The van der Waals surface area contributed by atoms with E-state index >= 15 is 0 Å². The Morgan fingerprint density at radius 2 is 1.86 bits per heavy atom. The summed E-state index contributed by atoms with van der Waals surface area (Å²) in [7, 11) is 0. The number of piperidine rings is 1. The summed E-state index contributed by atoms with van der Waals surface area (Å²) in [6, 6.07) is 10.6. The Kier molecular flexibility index (Phi) is 4.59. The monoisotopic (exact) mass is 286 g/mol. The van der Waals surface area contributed by atoms with E-state index in [-0.39, 0.29) is 0 Å². The van der Waals surface area contributed by atoms with Gasteiger partial charge in [0.25, 0.3) is 0 Å². The predicted molar refractivity (Wildman–Crippen MR) is 85.1 cm³/mol. The highest BCUT2D eigenvalue weighted by molar-refractivity contribution is 5.79. The minimum atomic E-state index is 0.293. The lowest BCUT2D eigenvalue weighted by Crippen LogP contribution is -2.38. The van der Waals surface area contributed by atoms with Crippen molar-refractivity contribution in [2.45, 2.75) is 38.5 Å². The van der Waals surface area contributed by atoms with Crippen molar-refractivity contribution in [2.24, 2.45) is 5.41 Å². The van der Waals surface area contributed by atoms with Gasteiger partial charge in [-0.3, -0.25) is 4.79 Å². The summed E-state index contributed by atoms with van der Waals surface area (Å²) < 4.78 is 0. The van der Waals surface area contributed by atoms with Crippen molar-refractivity contribution in [1.82, 2.24) is 10.2 Å². The van der Waals surface area contributed by atoms with Crippen LogP contribution in [0.2, 0.25) is 0 Å². The first-order valence-corrected chi connectivity index (χ1v) is 8.30. The van der Waals surface area contributed by atoms with Gasteiger partial charge in [0.1, 0.15) is 0 Å². The van der Waals surface area contributed by atoms with E-state index in [1.807, 2.05) is 0 Å². The van der Waals surface area contributed by atoms with Crippen molar-refractivity contribution in [2.75, 3.05) is 26.2 Å². The third-order valence-electron chi connectivity index (χ3n) is 5.06. The number of nitrogens with one attached hydrogen (secondary N) is 1. The smallest absolute Gasteiger partial charge is 0.223 e. The van der Waals surface area contributed by atoms with E-state index in [0.29, 0.717) is 11.3 Å². The molecular formula is C18H26N2O. The van der Waals surface area contributed by atoms with Crippen molar-refractivity contribution in [1.29, 1.82) is 0 Å². The molecule has 0 saturated carbocycles. The van der Waals surface area contributed by atoms with Gasteiger partial charge >= 0.3 is 0 Å². The molecule has 0 aromatic heterocycles. The van der Waals surface area contributed by atoms with Crippen LogP contribution < -0.4 is 5.32 Å². The van der Waals surface area contributed by atoms with Gasteiger partial charge < -0.3 is 10.2 Å². The minimum Gasteiger partial charge on any atom is -0.342 e. The molecule has 0 atom stereocenters. The zero-order valence-electron chi connectivity index (χ0n) is 12.8. The molecule has 0 bridgehead atoms. The summed E-state index contributed by atoms with van der Waals surface area (Å²) in [5, 5.41) is 3.41. The number of unbranched alkanes of at least 4 members (excludes halogenated alkanes) is 1. The van der Waals surface area contributed by atoms with Crippen LogP contribution in [0.5, 0.6) is 0 Å². The fourth-order valence-corrected chi connectivity index (χ4v) is 3.75. The molecule has 1 spiro atoms. The molecule has 1 N–H and O–H groups in total. The molecule has 0 unspecified atom stereocenters. The maximum absolute atomic E-state index is 12.2. The standard InChI is InChI=1S/C18H26N2O/c21-17-14-18(9-11-19-12-10-18)15-20(17)13-5-4-8-16-6-2-1-3-7-16/h1-3,6-7,19H,4-5,8-15H2. The van der Waals surface area contributed by atoms with E-state index in [9.17, 15) is 4.79 Å². The number of rotatable bonds is 5. The Labute approximate surface area is 127 Å². The van der Waals surface area contributed by atoms with Crippen LogP contribution in [0.4, 0.5) is 0 Å². The van der Waals surface area contributed by atoms with Crippen LogP contribution in [0.15, 0.2) is 30.3 Å². The molecule has 1 aromatic carbocycles. The number of hydrogen-bond donors (Lipinski definition) is 1. The lowest BCUT2D eigenvalue weighted by atomic mass is 9.78. The van der Waals surface area contributed by atoms with E-state index < -0.39 is 0 Å². The first-order chi connectivity index (χ1) is 10.3. The van der Waals surface area contributed by atoms with Gasteiger partial charge in [-0.05, 0) is 56.2 Å². The third kappa shape index (κ3) is 3.65. The second-order valence-electron chi connectivity index (χ2n) is 6.68. The Bertz CT molecular complexity index is 465. The average Bonchev–Trinajstić information content (AvgIpc) is 2.81. The van der Waals surface area contributed by atoms with Gasteiger partial charge in [0.05, 0.1) is 0 Å². The van der Waals surface area contributed by atoms with E-state index in [1.165, 1.54) is 24.8 Å². The minimum absolute atomic E-state index is 0.293. The van der Waals surface area contributed by atoms with E-state index in [4.69, 9.17) is 0 Å². The Hall–Kier alpha value is -1.35. The SMILES string of the molecule is O=C1CC2(CCNCC2)CN1CCCCc1ccccc1. The van der Waals surface area contributed by atoms with Crippen LogP contribution in [-0.4, -0.2) is 37.0 Å². The fraction of sp³-hybridized carbons (Fsp3) is 0.611. The molecule has 2 saturated heterocycles. The van der Waals surface area contributed by atoms with E-state index in [0.717, 1.165) is 45.4 Å². The van der Waals surface area contributed by atoms with Gasteiger partial charge in [-0.1, -0.05) is 30.3 Å². The molecule has 21 heavy (non-hydrogen) atoms. The number of amides is 1. The van der Waals surface area contributed by atoms with Crippen LogP contribution in [0, 0.1) is 5.41 Å². The normalized spacial score (nSPS) is 21.1. The van der Waals surface area contributed by atoms with Crippen molar-refractivity contribution >= 4 is 5.91 Å². The van der Waals surface area contributed by atoms with Gasteiger partial charge in [-0.15, -0.1) is 0 Å². The quantitative estimate of drug-likeness (QED) is 0.844. The topological polar surface area (TPSA) is 32.3 Å². The summed E-state index contributed by atoms with van der Waals surface area (Å²) in [6.45, 7) is 4.10.